The van der Waals surface area contributed by atoms with Crippen molar-refractivity contribution in [2.75, 3.05) is 18.4 Å². The number of hydrogen-bond donors (Lipinski definition) is 4. The van der Waals surface area contributed by atoms with Crippen LogP contribution in [-0.2, 0) is 22.4 Å². The largest absolute Gasteiger partial charge is 0.481 e. The van der Waals surface area contributed by atoms with Gasteiger partial charge in [0.25, 0.3) is 0 Å². The van der Waals surface area contributed by atoms with E-state index in [9.17, 15) is 9.59 Å². The fraction of sp³-hybridized carbons (Fsp3) is 0.308. The molecule has 0 radical (unpaired) electrons. The van der Waals surface area contributed by atoms with E-state index in [4.69, 9.17) is 21.8 Å². The van der Waals surface area contributed by atoms with Crippen LogP contribution >= 0.6 is 22.9 Å². The van der Waals surface area contributed by atoms with Crippen molar-refractivity contribution in [1.29, 1.82) is 0 Å². The number of anilines is 1. The Balaban J connectivity index is 0.000000350. The summed E-state index contributed by atoms with van der Waals surface area (Å²) in [6.45, 7) is 4.26. The van der Waals surface area contributed by atoms with Crippen LogP contribution in [0.25, 0.3) is 10.4 Å². The van der Waals surface area contributed by atoms with Gasteiger partial charge >= 0.3 is 11.9 Å². The van der Waals surface area contributed by atoms with E-state index >= 15 is 0 Å². The van der Waals surface area contributed by atoms with Crippen molar-refractivity contribution < 1.29 is 19.8 Å². The summed E-state index contributed by atoms with van der Waals surface area (Å²) in [7, 11) is 0. The van der Waals surface area contributed by atoms with E-state index in [0.717, 1.165) is 36.6 Å². The first-order valence-corrected chi connectivity index (χ1v) is 12.4. The number of carboxylic acid groups (broad SMARTS) is 2. The molecule has 0 saturated heterocycles. The van der Waals surface area contributed by atoms with Crippen LogP contribution < -0.4 is 10.6 Å². The van der Waals surface area contributed by atoms with Crippen molar-refractivity contribution >= 4 is 40.6 Å². The molecular weight excluding hydrogens is 472 g/mol. The van der Waals surface area contributed by atoms with Gasteiger partial charge in [0.1, 0.15) is 0 Å². The highest BCUT2D eigenvalue weighted by Crippen LogP contribution is 2.36. The number of benzene rings is 2. The summed E-state index contributed by atoms with van der Waals surface area (Å²) in [6.07, 6.45) is 1.49. The van der Waals surface area contributed by atoms with Gasteiger partial charge in [-0.25, -0.2) is 0 Å². The van der Waals surface area contributed by atoms with Gasteiger partial charge in [-0.3, -0.25) is 9.59 Å². The molecule has 8 heteroatoms. The molecule has 34 heavy (non-hydrogen) atoms. The second-order valence-electron chi connectivity index (χ2n) is 8.03. The lowest BCUT2D eigenvalue weighted by molar-refractivity contribution is -0.143. The first kappa shape index (κ1) is 25.7. The maximum absolute atomic E-state index is 9.64. The van der Waals surface area contributed by atoms with Crippen LogP contribution in [0, 0.1) is 0 Å². The van der Waals surface area contributed by atoms with Gasteiger partial charge in [0.15, 0.2) is 0 Å². The van der Waals surface area contributed by atoms with Crippen LogP contribution in [0.15, 0.2) is 54.6 Å². The molecule has 1 aliphatic rings. The Kier molecular flexibility index (Phi) is 9.51. The number of thiophene rings is 1. The molecule has 0 amide bonds. The predicted octanol–water partition coefficient (Wildman–Crippen LogP) is 5.87. The number of halogens is 1. The van der Waals surface area contributed by atoms with Crippen LogP contribution in [0.4, 0.5) is 5.69 Å². The quantitative estimate of drug-likeness (QED) is 0.324. The van der Waals surface area contributed by atoms with Gasteiger partial charge in [0, 0.05) is 9.75 Å². The zero-order chi connectivity index (χ0) is 24.5. The van der Waals surface area contributed by atoms with Gasteiger partial charge in [-0.05, 0) is 67.7 Å². The van der Waals surface area contributed by atoms with E-state index in [2.05, 4.69) is 66.1 Å². The van der Waals surface area contributed by atoms with E-state index in [1.165, 1.54) is 26.4 Å². The molecule has 6 nitrogen and oxygen atoms in total. The summed E-state index contributed by atoms with van der Waals surface area (Å²) in [5, 5.41) is 23.8. The third kappa shape index (κ3) is 7.32. The van der Waals surface area contributed by atoms with Gasteiger partial charge in [0.05, 0.1) is 29.6 Å². The normalized spacial score (nSPS) is 13.6. The minimum absolute atomic E-state index is 0.220. The Morgan fingerprint density at radius 3 is 2.35 bits per heavy atom. The highest BCUT2D eigenvalue weighted by atomic mass is 35.5. The standard InChI is InChI=1S/C22H23ClN2S.C4H6O4/c1-15(20-9-10-21(26-20)17-5-3-2-4-6-17)25-22-18-12-14-24-13-11-16(18)7-8-19(22)23;5-3(6)1-2-4(7)8/h2-10,15,24-25H,11-14H2,1H3;1-2H2,(H,5,6)(H,7,8). The molecule has 1 unspecified atom stereocenters. The van der Waals surface area contributed by atoms with Crippen LogP contribution in [0.3, 0.4) is 0 Å². The highest BCUT2D eigenvalue weighted by molar-refractivity contribution is 7.15. The van der Waals surface area contributed by atoms with Crippen molar-refractivity contribution in [3.05, 3.63) is 75.6 Å². The topological polar surface area (TPSA) is 98.7 Å². The predicted molar refractivity (Wildman–Crippen MR) is 138 cm³/mol. The third-order valence-corrected chi connectivity index (χ3v) is 7.14. The summed E-state index contributed by atoms with van der Waals surface area (Å²) in [5.74, 6) is -2.15. The summed E-state index contributed by atoms with van der Waals surface area (Å²) >= 11 is 8.41. The summed E-state index contributed by atoms with van der Waals surface area (Å²) in [4.78, 5) is 21.9. The first-order chi connectivity index (χ1) is 16.3. The molecule has 3 aromatic rings. The lowest BCUT2D eigenvalue weighted by atomic mass is 10.0. The van der Waals surface area contributed by atoms with Crippen molar-refractivity contribution in [2.45, 2.75) is 38.6 Å². The number of hydrogen-bond acceptors (Lipinski definition) is 5. The molecule has 1 aliphatic heterocycles. The lowest BCUT2D eigenvalue weighted by Crippen LogP contribution is -2.16. The van der Waals surface area contributed by atoms with Gasteiger partial charge < -0.3 is 20.8 Å². The summed E-state index contributed by atoms with van der Waals surface area (Å²) < 4.78 is 0. The van der Waals surface area contributed by atoms with Crippen LogP contribution in [0.5, 0.6) is 0 Å². The molecule has 1 atom stereocenters. The van der Waals surface area contributed by atoms with Gasteiger partial charge in [-0.15, -0.1) is 11.3 Å². The number of carbonyl (C=O) groups is 2. The Morgan fingerprint density at radius 1 is 1.00 bits per heavy atom. The van der Waals surface area contributed by atoms with E-state index in [1.807, 2.05) is 17.4 Å². The monoisotopic (exact) mass is 500 g/mol. The second-order valence-corrected chi connectivity index (χ2v) is 9.55. The number of fused-ring (bicyclic) bond motifs is 1. The summed E-state index contributed by atoms with van der Waals surface area (Å²) in [6, 6.07) is 19.4. The zero-order valence-corrected chi connectivity index (χ0v) is 20.6. The number of aliphatic carboxylic acids is 2. The van der Waals surface area contributed by atoms with E-state index in [0.29, 0.717) is 0 Å². The Hall–Kier alpha value is -2.87. The number of rotatable bonds is 7. The molecule has 4 rings (SSSR count). The Bertz CT molecular complexity index is 1100. The minimum Gasteiger partial charge on any atom is -0.481 e. The lowest BCUT2D eigenvalue weighted by Gasteiger charge is -2.20. The fourth-order valence-electron chi connectivity index (χ4n) is 3.74. The van der Waals surface area contributed by atoms with Crippen molar-refractivity contribution in [1.82, 2.24) is 5.32 Å². The molecule has 0 spiro atoms. The van der Waals surface area contributed by atoms with Crippen molar-refractivity contribution in [3.63, 3.8) is 0 Å². The SMILES string of the molecule is CC(Nc1c(Cl)ccc2c1CCNCC2)c1ccc(-c2ccccc2)s1.O=C(O)CCC(=O)O. The molecule has 0 aliphatic carbocycles. The molecule has 0 bridgehead atoms. The molecule has 0 saturated carbocycles. The van der Waals surface area contributed by atoms with Crippen LogP contribution in [-0.4, -0.2) is 35.2 Å². The molecule has 4 N–H and O–H groups in total. The summed E-state index contributed by atoms with van der Waals surface area (Å²) in [5.41, 5.74) is 5.16. The smallest absolute Gasteiger partial charge is 0.303 e. The molecule has 2 heterocycles. The van der Waals surface area contributed by atoms with E-state index in [-0.39, 0.29) is 18.9 Å². The van der Waals surface area contributed by atoms with Crippen LogP contribution in [0.2, 0.25) is 5.02 Å². The fourth-order valence-corrected chi connectivity index (χ4v) is 4.99. The second kappa shape index (κ2) is 12.6. The average Bonchev–Trinajstić information content (AvgIpc) is 3.20. The zero-order valence-electron chi connectivity index (χ0n) is 19.0. The van der Waals surface area contributed by atoms with Crippen molar-refractivity contribution in [2.24, 2.45) is 0 Å². The molecule has 1 aromatic heterocycles. The maximum atomic E-state index is 9.64. The average molecular weight is 501 g/mol. The minimum atomic E-state index is -1.08. The highest BCUT2D eigenvalue weighted by Gasteiger charge is 2.18. The third-order valence-electron chi connectivity index (χ3n) is 5.51. The molecule has 2 aromatic carbocycles. The van der Waals surface area contributed by atoms with E-state index < -0.39 is 11.9 Å². The first-order valence-electron chi connectivity index (χ1n) is 11.2. The maximum Gasteiger partial charge on any atom is 0.303 e. The van der Waals surface area contributed by atoms with Gasteiger partial charge in [0.2, 0.25) is 0 Å². The van der Waals surface area contributed by atoms with Gasteiger partial charge in [-0.1, -0.05) is 48.0 Å². The molecular formula is C26H29ClN2O4S. The van der Waals surface area contributed by atoms with Crippen molar-refractivity contribution in [3.8, 4) is 10.4 Å². The van der Waals surface area contributed by atoms with Crippen LogP contribution in [0.1, 0.15) is 41.8 Å². The molecule has 0 fully saturated rings. The Morgan fingerprint density at radius 2 is 1.68 bits per heavy atom. The van der Waals surface area contributed by atoms with E-state index in [1.54, 1.807) is 0 Å². The molecule has 180 valence electrons. The number of carboxylic acids is 2. The Labute approximate surface area is 208 Å². The number of nitrogens with one attached hydrogen (secondary N) is 2. The van der Waals surface area contributed by atoms with Gasteiger partial charge in [-0.2, -0.15) is 0 Å².